The van der Waals surface area contributed by atoms with E-state index in [4.69, 9.17) is 27.9 Å². The van der Waals surface area contributed by atoms with Gasteiger partial charge in [0.2, 0.25) is 0 Å². The van der Waals surface area contributed by atoms with Crippen molar-refractivity contribution in [2.75, 3.05) is 42.9 Å². The summed E-state index contributed by atoms with van der Waals surface area (Å²) in [7, 11) is -4.58. The third-order valence-corrected chi connectivity index (χ3v) is 13.3. The van der Waals surface area contributed by atoms with Gasteiger partial charge in [-0.15, -0.1) is 0 Å². The number of fused-ring (bicyclic) bond motifs is 1. The average Bonchev–Trinajstić information content (AvgIpc) is 3.72. The number of pyridine rings is 1. The van der Waals surface area contributed by atoms with Crippen LogP contribution in [0.2, 0.25) is 10.0 Å². The minimum atomic E-state index is -4.58. The Bertz CT molecular complexity index is 2790. The monoisotopic (exact) mass is 893 g/mol. The lowest BCUT2D eigenvalue weighted by molar-refractivity contribution is -0.385. The van der Waals surface area contributed by atoms with Crippen molar-refractivity contribution >= 4 is 72.8 Å². The van der Waals surface area contributed by atoms with Gasteiger partial charge in [0.15, 0.2) is 0 Å². The van der Waals surface area contributed by atoms with Crippen molar-refractivity contribution in [1.82, 2.24) is 19.6 Å². The van der Waals surface area contributed by atoms with E-state index in [1.165, 1.54) is 41.1 Å². The highest BCUT2D eigenvalue weighted by Gasteiger charge is 2.31. The minimum Gasteiger partial charge on any atom is -0.454 e. The van der Waals surface area contributed by atoms with Gasteiger partial charge >= 0.3 is 0 Å². The molecule has 1 saturated heterocycles. The molecule has 3 heterocycles. The molecule has 320 valence electrons. The summed E-state index contributed by atoms with van der Waals surface area (Å²) in [6.45, 7) is 8.57. The number of benzene rings is 4. The molecule has 0 spiro atoms. The summed E-state index contributed by atoms with van der Waals surface area (Å²) in [5, 5.41) is 17.2. The number of ether oxygens (including phenoxy) is 1. The summed E-state index contributed by atoms with van der Waals surface area (Å²) in [6.07, 6.45) is 6.39. The number of anilines is 2. The SMILES string of the molecule is CC1(C)CCC(CN2CCN(c3ccc(S(=O)(=O)NC(=O)c4ccc(CNc5ccc(Cl)cc5)c([N+](=O)[O-])c4)c(Oc4cnc5[nH]ccc5c4)c3)CC2)=C(c2ccc(Cl)cc2)C1. The van der Waals surface area contributed by atoms with E-state index in [2.05, 4.69) is 55.8 Å². The number of amides is 1. The minimum absolute atomic E-state index is 0.0147. The fraction of sp³-hybridized carbons (Fsp3) is 0.261. The maximum Gasteiger partial charge on any atom is 0.275 e. The number of carbonyl (C=O) groups is 1. The molecule has 2 aromatic heterocycles. The Balaban J connectivity index is 1.01. The molecule has 0 bridgehead atoms. The molecule has 8 rings (SSSR count). The average molecular weight is 895 g/mol. The van der Waals surface area contributed by atoms with E-state index in [0.717, 1.165) is 61.1 Å². The van der Waals surface area contributed by atoms with Gasteiger partial charge in [-0.2, -0.15) is 0 Å². The lowest BCUT2D eigenvalue weighted by Gasteiger charge is -2.39. The van der Waals surface area contributed by atoms with Crippen LogP contribution < -0.4 is 19.7 Å². The van der Waals surface area contributed by atoms with Crippen molar-refractivity contribution in [2.45, 2.75) is 44.6 Å². The molecular weight excluding hydrogens is 850 g/mol. The van der Waals surface area contributed by atoms with Crippen LogP contribution in [0.4, 0.5) is 17.1 Å². The fourth-order valence-electron chi connectivity index (χ4n) is 8.02. The fourth-order valence-corrected chi connectivity index (χ4v) is 9.36. The van der Waals surface area contributed by atoms with Crippen LogP contribution >= 0.6 is 23.2 Å². The van der Waals surface area contributed by atoms with Gasteiger partial charge in [-0.05, 0) is 109 Å². The van der Waals surface area contributed by atoms with Gasteiger partial charge in [-0.25, -0.2) is 18.1 Å². The number of nitrogens with zero attached hydrogens (tertiary/aromatic N) is 4. The smallest absolute Gasteiger partial charge is 0.275 e. The van der Waals surface area contributed by atoms with E-state index in [9.17, 15) is 23.3 Å². The highest BCUT2D eigenvalue weighted by atomic mass is 35.5. The number of allylic oxidation sites excluding steroid dienone is 1. The number of carbonyl (C=O) groups excluding carboxylic acids is 1. The number of aromatic nitrogens is 2. The number of H-pyrrole nitrogens is 1. The van der Waals surface area contributed by atoms with Crippen LogP contribution in [-0.4, -0.2) is 66.8 Å². The van der Waals surface area contributed by atoms with Crippen molar-refractivity contribution in [2.24, 2.45) is 5.41 Å². The molecule has 3 N–H and O–H groups in total. The Morgan fingerprint density at radius 2 is 1.66 bits per heavy atom. The Hall–Kier alpha value is -5.93. The van der Waals surface area contributed by atoms with Crippen LogP contribution in [0.25, 0.3) is 16.6 Å². The number of rotatable bonds is 13. The first-order chi connectivity index (χ1) is 29.7. The second-order valence-electron chi connectivity index (χ2n) is 16.4. The van der Waals surface area contributed by atoms with Crippen LogP contribution in [0.15, 0.2) is 120 Å². The molecule has 0 saturated carbocycles. The molecule has 1 aliphatic carbocycles. The molecule has 0 atom stereocenters. The first kappa shape index (κ1) is 42.7. The number of piperazine rings is 1. The summed E-state index contributed by atoms with van der Waals surface area (Å²) < 4.78 is 36.5. The second-order valence-corrected chi connectivity index (χ2v) is 18.9. The first-order valence-corrected chi connectivity index (χ1v) is 22.5. The van der Waals surface area contributed by atoms with Crippen LogP contribution in [0.1, 0.15) is 54.6 Å². The van der Waals surface area contributed by atoms with Gasteiger partial charge in [0.05, 0.1) is 11.1 Å². The predicted molar refractivity (Wildman–Crippen MR) is 244 cm³/mol. The standard InChI is InChI=1S/C46H45Cl2N7O6S/c1-46(2)17-15-34(40(26-46)30-5-7-35(47)8-6-30)29-53-19-21-54(22-20-53)38-13-14-43(42(25-38)61-39-23-31-16-18-49-44(31)51-28-39)62(59,60)52-45(56)32-3-4-33(41(24-32)55(57)58)27-50-37-11-9-36(48)10-12-37/h3-14,16,18,23-25,28,50H,15,17,19-22,26-27,29H2,1-2H3,(H,49,51)(H,52,56). The van der Waals surface area contributed by atoms with Crippen LogP contribution in [0, 0.1) is 15.5 Å². The number of sulfonamides is 1. The molecule has 13 nitrogen and oxygen atoms in total. The zero-order valence-corrected chi connectivity index (χ0v) is 36.5. The zero-order chi connectivity index (χ0) is 43.6. The number of nitrogens with one attached hydrogen (secondary N) is 3. The quantitative estimate of drug-likeness (QED) is 0.0751. The van der Waals surface area contributed by atoms with Gasteiger partial charge in [0.25, 0.3) is 21.6 Å². The first-order valence-electron chi connectivity index (χ1n) is 20.2. The number of aromatic amines is 1. The van der Waals surface area contributed by atoms with E-state index in [1.54, 1.807) is 48.7 Å². The Morgan fingerprint density at radius 1 is 0.935 bits per heavy atom. The second kappa shape index (κ2) is 17.8. The van der Waals surface area contributed by atoms with Crippen LogP contribution in [0.3, 0.4) is 0 Å². The van der Waals surface area contributed by atoms with E-state index >= 15 is 0 Å². The molecule has 2 aliphatic rings. The van der Waals surface area contributed by atoms with E-state index in [0.29, 0.717) is 40.8 Å². The lowest BCUT2D eigenvalue weighted by atomic mass is 9.72. The van der Waals surface area contributed by atoms with Gasteiger partial charge in [0.1, 0.15) is 22.0 Å². The highest BCUT2D eigenvalue weighted by Crippen LogP contribution is 2.43. The molecule has 1 aliphatic heterocycles. The molecule has 4 aromatic carbocycles. The summed E-state index contributed by atoms with van der Waals surface area (Å²) in [4.78, 5) is 36.8. The number of nitro groups is 1. The lowest BCUT2D eigenvalue weighted by Crippen LogP contribution is -2.47. The van der Waals surface area contributed by atoms with E-state index in [1.807, 2.05) is 18.2 Å². The largest absolute Gasteiger partial charge is 0.454 e. The van der Waals surface area contributed by atoms with Crippen LogP contribution in [0.5, 0.6) is 11.5 Å². The number of hydrogen-bond donors (Lipinski definition) is 3. The summed E-state index contributed by atoms with van der Waals surface area (Å²) in [6, 6.07) is 27.1. The highest BCUT2D eigenvalue weighted by molar-refractivity contribution is 7.90. The van der Waals surface area contributed by atoms with E-state index < -0.39 is 20.9 Å². The third kappa shape index (κ3) is 9.89. The maximum atomic E-state index is 14.1. The van der Waals surface area contributed by atoms with Crippen LogP contribution in [-0.2, 0) is 16.6 Å². The van der Waals surface area contributed by atoms with Crippen molar-refractivity contribution in [3.05, 3.63) is 152 Å². The maximum absolute atomic E-state index is 14.1. The molecule has 0 radical (unpaired) electrons. The van der Waals surface area contributed by atoms with Gasteiger partial charge < -0.3 is 19.9 Å². The Morgan fingerprint density at radius 3 is 2.39 bits per heavy atom. The predicted octanol–water partition coefficient (Wildman–Crippen LogP) is 10.1. The van der Waals surface area contributed by atoms with Crippen molar-refractivity contribution in [3.63, 3.8) is 0 Å². The van der Waals surface area contributed by atoms with E-state index in [-0.39, 0.29) is 33.9 Å². The molecular formula is C46H45Cl2N7O6S. The Kier molecular flexibility index (Phi) is 12.3. The molecule has 6 aromatic rings. The van der Waals surface area contributed by atoms with Crippen molar-refractivity contribution in [1.29, 1.82) is 0 Å². The molecule has 16 heteroatoms. The zero-order valence-electron chi connectivity index (χ0n) is 34.2. The van der Waals surface area contributed by atoms with Gasteiger partial charge in [0, 0.05) is 95.5 Å². The number of nitro benzene ring substituents is 1. The van der Waals surface area contributed by atoms with Crippen molar-refractivity contribution < 1.29 is 22.9 Å². The molecule has 0 unspecified atom stereocenters. The normalized spacial score (nSPS) is 15.7. The Labute approximate surface area is 369 Å². The summed E-state index contributed by atoms with van der Waals surface area (Å²) in [5.74, 6) is -0.762. The molecule has 62 heavy (non-hydrogen) atoms. The van der Waals surface area contributed by atoms with Crippen molar-refractivity contribution in [3.8, 4) is 11.5 Å². The summed E-state index contributed by atoms with van der Waals surface area (Å²) in [5.41, 5.74) is 6.10. The number of halogens is 2. The molecule has 1 fully saturated rings. The van der Waals surface area contributed by atoms with Gasteiger partial charge in [-0.1, -0.05) is 54.8 Å². The molecule has 1 amide bonds. The third-order valence-electron chi connectivity index (χ3n) is 11.4. The number of hydrogen-bond acceptors (Lipinski definition) is 10. The van der Waals surface area contributed by atoms with Gasteiger partial charge in [-0.3, -0.25) is 19.8 Å². The summed E-state index contributed by atoms with van der Waals surface area (Å²) >= 11 is 12.2. The topological polar surface area (TPSA) is 163 Å².